The molecule has 4 nitrogen and oxygen atoms in total. The van der Waals surface area contributed by atoms with Gasteiger partial charge in [0.05, 0.1) is 12.6 Å². The lowest BCUT2D eigenvalue weighted by Crippen LogP contribution is -2.34. The summed E-state index contributed by atoms with van der Waals surface area (Å²) >= 11 is 6.11. The first-order valence-electron chi connectivity index (χ1n) is 13.1. The molecule has 0 aliphatic carbocycles. The van der Waals surface area contributed by atoms with Crippen molar-refractivity contribution in [2.75, 3.05) is 32.8 Å². The number of ether oxygens (including phenoxy) is 1. The SMILES string of the molecule is CC(C)(C)c1ccc2c(c1)/C(=C/CCN1CCC(CO)(c3ccc(Cl)cc3)C1)C1C=CC=NC1CO2. The third-order valence-electron chi connectivity index (χ3n) is 8.02. The van der Waals surface area contributed by atoms with Gasteiger partial charge in [-0.05, 0) is 71.8 Å². The molecule has 0 bridgehead atoms. The van der Waals surface area contributed by atoms with Crippen LogP contribution >= 0.6 is 11.6 Å². The van der Waals surface area contributed by atoms with Crippen molar-refractivity contribution in [3.8, 4) is 5.75 Å². The van der Waals surface area contributed by atoms with E-state index < -0.39 is 0 Å². The van der Waals surface area contributed by atoms with E-state index in [9.17, 15) is 5.11 Å². The number of likely N-dealkylation sites (tertiary alicyclic amines) is 1. The molecule has 3 aliphatic heterocycles. The van der Waals surface area contributed by atoms with E-state index in [2.05, 4.69) is 74.2 Å². The summed E-state index contributed by atoms with van der Waals surface area (Å²) in [6, 6.07) is 14.7. The van der Waals surface area contributed by atoms with Gasteiger partial charge in [0, 0.05) is 41.2 Å². The lowest BCUT2D eigenvalue weighted by molar-refractivity contribution is 0.190. The lowest BCUT2D eigenvalue weighted by atomic mass is 9.80. The molecule has 0 spiro atoms. The highest BCUT2D eigenvalue weighted by Gasteiger charge is 2.39. The number of benzene rings is 2. The van der Waals surface area contributed by atoms with Crippen LogP contribution in [-0.2, 0) is 10.8 Å². The van der Waals surface area contributed by atoms with Crippen LogP contribution < -0.4 is 4.74 Å². The smallest absolute Gasteiger partial charge is 0.126 e. The number of fused-ring (bicyclic) bond motifs is 2. The Balaban J connectivity index is 1.38. The fourth-order valence-electron chi connectivity index (χ4n) is 5.77. The zero-order valence-electron chi connectivity index (χ0n) is 21.6. The normalized spacial score (nSPS) is 27.0. The van der Waals surface area contributed by atoms with Gasteiger partial charge < -0.3 is 14.7 Å². The minimum Gasteiger partial charge on any atom is -0.491 e. The molecule has 1 saturated heterocycles. The van der Waals surface area contributed by atoms with Crippen molar-refractivity contribution in [1.29, 1.82) is 0 Å². The minimum atomic E-state index is -0.214. The molecule has 190 valence electrons. The Morgan fingerprint density at radius 3 is 2.75 bits per heavy atom. The maximum absolute atomic E-state index is 10.3. The summed E-state index contributed by atoms with van der Waals surface area (Å²) < 4.78 is 6.26. The van der Waals surface area contributed by atoms with Crippen LogP contribution in [0.2, 0.25) is 5.02 Å². The van der Waals surface area contributed by atoms with Crippen LogP contribution in [0.4, 0.5) is 0 Å². The van der Waals surface area contributed by atoms with Crippen LogP contribution in [0.15, 0.2) is 65.7 Å². The highest BCUT2D eigenvalue weighted by Crippen LogP contribution is 2.41. The van der Waals surface area contributed by atoms with E-state index in [1.807, 2.05) is 18.3 Å². The van der Waals surface area contributed by atoms with Gasteiger partial charge in [0.25, 0.3) is 0 Å². The molecule has 5 heteroatoms. The number of aliphatic imine (C=N–C) groups is 1. The first-order valence-corrected chi connectivity index (χ1v) is 13.4. The minimum absolute atomic E-state index is 0.0667. The summed E-state index contributed by atoms with van der Waals surface area (Å²) in [4.78, 5) is 7.23. The molecule has 5 rings (SSSR count). The van der Waals surface area contributed by atoms with Gasteiger partial charge in [-0.2, -0.15) is 0 Å². The molecule has 36 heavy (non-hydrogen) atoms. The third kappa shape index (κ3) is 5.04. The van der Waals surface area contributed by atoms with Crippen molar-refractivity contribution in [1.82, 2.24) is 4.90 Å². The fourth-order valence-corrected chi connectivity index (χ4v) is 5.89. The van der Waals surface area contributed by atoms with Gasteiger partial charge in [0.2, 0.25) is 0 Å². The molecule has 0 aromatic heterocycles. The summed E-state index contributed by atoms with van der Waals surface area (Å²) in [5.74, 6) is 1.17. The largest absolute Gasteiger partial charge is 0.491 e. The molecule has 3 unspecified atom stereocenters. The number of rotatable bonds is 5. The Hall–Kier alpha value is -2.40. The van der Waals surface area contributed by atoms with E-state index in [4.69, 9.17) is 21.3 Å². The van der Waals surface area contributed by atoms with Crippen LogP contribution in [0.25, 0.3) is 5.57 Å². The van der Waals surface area contributed by atoms with Gasteiger partial charge in [-0.15, -0.1) is 0 Å². The second kappa shape index (κ2) is 10.2. The van der Waals surface area contributed by atoms with E-state index in [0.717, 1.165) is 43.2 Å². The standard InChI is InChI=1S/C31H37ClN2O2/c1-30(2,3)23-10-13-29-27(18-23)25(26-6-4-15-33-28(26)19-36-29)7-5-16-34-17-14-31(20-34,21-35)22-8-11-24(32)12-9-22/h4,6-13,15,18,26,28,35H,5,14,16-17,19-21H2,1-3H3/b25-7+. The molecule has 2 aromatic rings. The summed E-state index contributed by atoms with van der Waals surface area (Å²) in [6.45, 7) is 10.3. The highest BCUT2D eigenvalue weighted by molar-refractivity contribution is 6.30. The molecule has 3 aliphatic rings. The average Bonchev–Trinajstić information content (AvgIpc) is 3.23. The third-order valence-corrected chi connectivity index (χ3v) is 8.28. The maximum Gasteiger partial charge on any atom is 0.126 e. The maximum atomic E-state index is 10.3. The van der Waals surface area contributed by atoms with E-state index in [1.165, 1.54) is 22.3 Å². The van der Waals surface area contributed by atoms with Crippen molar-refractivity contribution in [2.45, 2.75) is 50.5 Å². The zero-order valence-corrected chi connectivity index (χ0v) is 22.3. The zero-order chi connectivity index (χ0) is 25.3. The Kier molecular flexibility index (Phi) is 7.13. The van der Waals surface area contributed by atoms with Crippen molar-refractivity contribution in [2.24, 2.45) is 10.9 Å². The second-order valence-electron chi connectivity index (χ2n) is 11.5. The molecule has 0 amide bonds. The molecule has 0 saturated carbocycles. The summed E-state index contributed by atoms with van der Waals surface area (Å²) in [7, 11) is 0. The van der Waals surface area contributed by atoms with Gasteiger partial charge >= 0.3 is 0 Å². The Bertz CT molecular complexity index is 1180. The van der Waals surface area contributed by atoms with E-state index >= 15 is 0 Å². The Morgan fingerprint density at radius 2 is 2.00 bits per heavy atom. The molecule has 3 atom stereocenters. The van der Waals surface area contributed by atoms with Gasteiger partial charge in [-0.3, -0.25) is 4.99 Å². The molecule has 2 aromatic carbocycles. The average molecular weight is 505 g/mol. The van der Waals surface area contributed by atoms with Gasteiger partial charge in [0.1, 0.15) is 12.4 Å². The number of nitrogens with zero attached hydrogens (tertiary/aromatic N) is 2. The number of halogens is 1. The summed E-state index contributed by atoms with van der Waals surface area (Å²) in [6.07, 6.45) is 10.5. The van der Waals surface area contributed by atoms with Crippen LogP contribution in [0, 0.1) is 5.92 Å². The van der Waals surface area contributed by atoms with Gasteiger partial charge in [0.15, 0.2) is 0 Å². The Morgan fingerprint density at radius 1 is 1.19 bits per heavy atom. The lowest BCUT2D eigenvalue weighted by Gasteiger charge is -2.28. The molecule has 1 fully saturated rings. The van der Waals surface area contributed by atoms with Crippen LogP contribution in [0.3, 0.4) is 0 Å². The number of dihydropyridines is 1. The van der Waals surface area contributed by atoms with Crippen molar-refractivity contribution < 1.29 is 9.84 Å². The first kappa shape index (κ1) is 25.3. The molecule has 1 N–H and O–H groups in total. The number of aliphatic hydroxyl groups is 1. The van der Waals surface area contributed by atoms with E-state index in [1.54, 1.807) is 0 Å². The van der Waals surface area contributed by atoms with Crippen LogP contribution in [-0.4, -0.2) is 55.1 Å². The molecular formula is C31H37ClN2O2. The second-order valence-corrected chi connectivity index (χ2v) is 11.9. The summed E-state index contributed by atoms with van der Waals surface area (Å²) in [5, 5.41) is 11.1. The topological polar surface area (TPSA) is 45.1 Å². The van der Waals surface area contributed by atoms with Crippen molar-refractivity contribution in [3.05, 3.63) is 82.4 Å². The van der Waals surface area contributed by atoms with Gasteiger partial charge in [-0.25, -0.2) is 0 Å². The van der Waals surface area contributed by atoms with Crippen LogP contribution in [0.1, 0.15) is 50.3 Å². The molecular weight excluding hydrogens is 468 g/mol. The fraction of sp³-hybridized carbons (Fsp3) is 0.452. The quantitative estimate of drug-likeness (QED) is 0.538. The van der Waals surface area contributed by atoms with Crippen LogP contribution in [0.5, 0.6) is 5.75 Å². The number of aliphatic hydroxyl groups excluding tert-OH is 1. The predicted molar refractivity (Wildman–Crippen MR) is 149 cm³/mol. The number of allylic oxidation sites excluding steroid dienone is 1. The number of hydrogen-bond acceptors (Lipinski definition) is 4. The molecule has 0 radical (unpaired) electrons. The summed E-state index contributed by atoms with van der Waals surface area (Å²) in [5.41, 5.74) is 4.85. The highest BCUT2D eigenvalue weighted by atomic mass is 35.5. The van der Waals surface area contributed by atoms with Crippen molar-refractivity contribution in [3.63, 3.8) is 0 Å². The van der Waals surface area contributed by atoms with Crippen molar-refractivity contribution >= 4 is 23.4 Å². The molecule has 3 heterocycles. The predicted octanol–water partition coefficient (Wildman–Crippen LogP) is 6.06. The van der Waals surface area contributed by atoms with E-state index in [0.29, 0.717) is 6.61 Å². The monoisotopic (exact) mass is 504 g/mol. The Labute approximate surface area is 220 Å². The first-order chi connectivity index (χ1) is 17.3. The van der Waals surface area contributed by atoms with Gasteiger partial charge in [-0.1, -0.05) is 62.7 Å². The number of hydrogen-bond donors (Lipinski definition) is 1. The van der Waals surface area contributed by atoms with E-state index in [-0.39, 0.29) is 29.4 Å².